The Bertz CT molecular complexity index is 932. The first-order chi connectivity index (χ1) is 16.0. The number of aliphatic hydroxyl groups excluding tert-OH is 1. The van der Waals surface area contributed by atoms with E-state index >= 15 is 0 Å². The molecule has 2 nitrogen and oxygen atoms in total. The zero-order valence-electron chi connectivity index (χ0n) is 25.0. The maximum atomic E-state index is 10.7. The molecule has 6 aliphatic rings. The number of fused-ring (bicyclic) bond motifs is 9. The topological polar surface area (TPSA) is 23.5 Å². The molecule has 2 heterocycles. The van der Waals surface area contributed by atoms with Crippen LogP contribution in [0.2, 0.25) is 0 Å². The predicted molar refractivity (Wildman–Crippen MR) is 146 cm³/mol. The summed E-state index contributed by atoms with van der Waals surface area (Å²) in [7, 11) is 0. The molecular formula is C33H57NO. The van der Waals surface area contributed by atoms with Gasteiger partial charge in [0.05, 0.1) is 6.10 Å². The minimum atomic E-state index is -0.0825. The van der Waals surface area contributed by atoms with Crippen molar-refractivity contribution in [2.75, 3.05) is 6.54 Å². The number of hydrogen-bond acceptors (Lipinski definition) is 2. The lowest BCUT2D eigenvalue weighted by Gasteiger charge is -2.73. The van der Waals surface area contributed by atoms with E-state index in [0.29, 0.717) is 32.6 Å². The second kappa shape index (κ2) is 6.73. The lowest BCUT2D eigenvalue weighted by atomic mass is 9.31. The largest absolute Gasteiger partial charge is 0.393 e. The van der Waals surface area contributed by atoms with Crippen molar-refractivity contribution in [1.29, 1.82) is 0 Å². The highest BCUT2D eigenvalue weighted by Gasteiger charge is 2.83. The van der Waals surface area contributed by atoms with Crippen molar-refractivity contribution < 1.29 is 5.11 Å². The third-order valence-corrected chi connectivity index (χ3v) is 16.8. The summed E-state index contributed by atoms with van der Waals surface area (Å²) in [5.41, 5.74) is 2.75. The fraction of sp³-hybridized carbons (Fsp3) is 1.00. The molecule has 35 heavy (non-hydrogen) atoms. The quantitative estimate of drug-likeness (QED) is 0.376. The van der Waals surface area contributed by atoms with Gasteiger partial charge >= 0.3 is 0 Å². The van der Waals surface area contributed by atoms with Crippen LogP contribution in [0.4, 0.5) is 0 Å². The summed E-state index contributed by atoms with van der Waals surface area (Å²) in [4.78, 5) is 3.09. The molecule has 0 aromatic carbocycles. The Morgan fingerprint density at radius 1 is 0.714 bits per heavy atom. The molecule has 6 rings (SSSR count). The van der Waals surface area contributed by atoms with Crippen LogP contribution in [-0.4, -0.2) is 33.7 Å². The summed E-state index contributed by atoms with van der Waals surface area (Å²) in [5.74, 6) is 2.35. The standard InChI is InChI=1S/C33H57NO/c1-22-11-15-29(6)23(2)33(10)31(8)18-17-27(4)25(28(31,5)21-32(33,9)34(29)20-22)13-14-26(3)19-24(35)12-16-30(26,27)7/h22-25,35H,11-21H2,1-10H3/t22-,23+,24-,25?,26-,27-,28-,29?,30-,31-,32?,33+/m0/s1. The molecule has 6 fully saturated rings. The molecule has 2 aliphatic heterocycles. The van der Waals surface area contributed by atoms with Crippen molar-refractivity contribution in [1.82, 2.24) is 4.90 Å². The highest BCUT2D eigenvalue weighted by molar-refractivity contribution is 5.34. The van der Waals surface area contributed by atoms with E-state index in [-0.39, 0.29) is 17.1 Å². The molecule has 0 amide bonds. The summed E-state index contributed by atoms with van der Waals surface area (Å²) in [6.07, 6.45) is 12.8. The van der Waals surface area contributed by atoms with E-state index in [2.05, 4.69) is 74.1 Å². The minimum Gasteiger partial charge on any atom is -0.393 e. The van der Waals surface area contributed by atoms with Gasteiger partial charge < -0.3 is 5.11 Å². The summed E-state index contributed by atoms with van der Waals surface area (Å²) in [5, 5.41) is 10.7. The molecule has 12 atom stereocenters. The van der Waals surface area contributed by atoms with Gasteiger partial charge in [-0.25, -0.2) is 0 Å². The first-order valence-corrected chi connectivity index (χ1v) is 15.5. The number of nitrogens with zero attached hydrogens (tertiary/aromatic N) is 1. The predicted octanol–water partition coefficient (Wildman–Crippen LogP) is 8.08. The summed E-state index contributed by atoms with van der Waals surface area (Å²) in [6, 6.07) is 0. The van der Waals surface area contributed by atoms with E-state index in [0.717, 1.165) is 30.6 Å². The highest BCUT2D eigenvalue weighted by Crippen LogP contribution is 2.86. The normalized spacial score (nSPS) is 66.3. The third kappa shape index (κ3) is 2.36. The molecule has 4 saturated carbocycles. The van der Waals surface area contributed by atoms with Crippen LogP contribution < -0.4 is 0 Å². The molecule has 2 heteroatoms. The Hall–Kier alpha value is -0.0800. The van der Waals surface area contributed by atoms with E-state index in [1.54, 1.807) is 0 Å². The van der Waals surface area contributed by atoms with E-state index in [9.17, 15) is 5.11 Å². The molecule has 4 aliphatic carbocycles. The van der Waals surface area contributed by atoms with Crippen molar-refractivity contribution in [3.05, 3.63) is 0 Å². The van der Waals surface area contributed by atoms with E-state index in [4.69, 9.17) is 0 Å². The highest BCUT2D eigenvalue weighted by atomic mass is 16.3. The molecule has 0 spiro atoms. The Kier molecular flexibility index (Phi) is 4.85. The maximum Gasteiger partial charge on any atom is 0.0545 e. The lowest BCUT2D eigenvalue weighted by Crippen LogP contribution is -2.67. The third-order valence-electron chi connectivity index (χ3n) is 16.8. The van der Waals surface area contributed by atoms with Gasteiger partial charge in [0, 0.05) is 17.6 Å². The molecule has 0 aromatic rings. The average Bonchev–Trinajstić information content (AvgIpc) is 3.00. The van der Waals surface area contributed by atoms with Crippen LogP contribution >= 0.6 is 0 Å². The van der Waals surface area contributed by atoms with E-state index in [1.165, 1.54) is 57.9 Å². The minimum absolute atomic E-state index is 0.0825. The molecule has 0 aromatic heterocycles. The zero-order valence-corrected chi connectivity index (χ0v) is 25.0. The van der Waals surface area contributed by atoms with Gasteiger partial charge in [0.1, 0.15) is 0 Å². The second-order valence-electron chi connectivity index (χ2n) is 17.0. The SMILES string of the molecule is C[C@H]1CCC2(C)[C@@H](C)[C@@]3(C)C(C)(C[C@@]4(C)C5CC[C@@]6(C)C[C@@H](O)CC[C@]6(C)[C@@]5(C)CC[C@@]43C)N2C1. The van der Waals surface area contributed by atoms with Crippen LogP contribution in [0.25, 0.3) is 0 Å². The van der Waals surface area contributed by atoms with Gasteiger partial charge in [0.15, 0.2) is 0 Å². The van der Waals surface area contributed by atoms with Crippen LogP contribution in [0.15, 0.2) is 0 Å². The fourth-order valence-electron chi connectivity index (χ4n) is 13.9. The summed E-state index contributed by atoms with van der Waals surface area (Å²) >= 11 is 0. The van der Waals surface area contributed by atoms with E-state index < -0.39 is 0 Å². The maximum absolute atomic E-state index is 10.7. The number of aliphatic hydroxyl groups is 1. The molecule has 2 saturated heterocycles. The summed E-state index contributed by atoms with van der Waals surface area (Å²) in [6.45, 7) is 28.1. The molecule has 0 bridgehead atoms. The molecule has 3 unspecified atom stereocenters. The van der Waals surface area contributed by atoms with Crippen LogP contribution in [0.3, 0.4) is 0 Å². The van der Waals surface area contributed by atoms with Crippen molar-refractivity contribution in [2.45, 2.75) is 151 Å². The van der Waals surface area contributed by atoms with Crippen LogP contribution in [0, 0.1) is 50.2 Å². The van der Waals surface area contributed by atoms with Crippen LogP contribution in [0.5, 0.6) is 0 Å². The van der Waals surface area contributed by atoms with Gasteiger partial charge in [-0.2, -0.15) is 0 Å². The van der Waals surface area contributed by atoms with Gasteiger partial charge in [-0.3, -0.25) is 4.90 Å². The van der Waals surface area contributed by atoms with Gasteiger partial charge in [-0.1, -0.05) is 55.4 Å². The lowest BCUT2D eigenvalue weighted by molar-refractivity contribution is -0.253. The van der Waals surface area contributed by atoms with Crippen LogP contribution in [-0.2, 0) is 0 Å². The van der Waals surface area contributed by atoms with Gasteiger partial charge in [0.25, 0.3) is 0 Å². The first kappa shape index (κ1) is 25.2. The van der Waals surface area contributed by atoms with Crippen molar-refractivity contribution in [3.63, 3.8) is 0 Å². The monoisotopic (exact) mass is 483 g/mol. The van der Waals surface area contributed by atoms with Gasteiger partial charge in [0.2, 0.25) is 0 Å². The van der Waals surface area contributed by atoms with Crippen molar-refractivity contribution in [3.8, 4) is 0 Å². The van der Waals surface area contributed by atoms with Crippen LogP contribution in [0.1, 0.15) is 133 Å². The zero-order chi connectivity index (χ0) is 25.7. The first-order valence-electron chi connectivity index (χ1n) is 15.5. The van der Waals surface area contributed by atoms with Crippen molar-refractivity contribution in [2.24, 2.45) is 50.2 Å². The van der Waals surface area contributed by atoms with Crippen molar-refractivity contribution >= 4 is 0 Å². The average molecular weight is 484 g/mol. The smallest absolute Gasteiger partial charge is 0.0545 e. The molecular weight excluding hydrogens is 426 g/mol. The Morgan fingerprint density at radius 2 is 1.40 bits per heavy atom. The number of hydrogen-bond donors (Lipinski definition) is 1. The number of rotatable bonds is 0. The molecule has 1 N–H and O–H groups in total. The molecule has 0 radical (unpaired) electrons. The second-order valence-corrected chi connectivity index (χ2v) is 17.0. The number of piperidine rings is 1. The Labute approximate surface area is 217 Å². The molecule has 200 valence electrons. The fourth-order valence-corrected chi connectivity index (χ4v) is 13.9. The Morgan fingerprint density at radius 3 is 2.09 bits per heavy atom. The Balaban J connectivity index is 1.48. The van der Waals surface area contributed by atoms with Gasteiger partial charge in [-0.05, 0) is 128 Å². The summed E-state index contributed by atoms with van der Waals surface area (Å²) < 4.78 is 0. The van der Waals surface area contributed by atoms with Gasteiger partial charge in [-0.15, -0.1) is 0 Å². The van der Waals surface area contributed by atoms with E-state index in [1.807, 2.05) is 0 Å².